The van der Waals surface area contributed by atoms with Crippen LogP contribution in [0.25, 0.3) is 0 Å². The molecule has 1 atom stereocenters. The first kappa shape index (κ1) is 24.9. The lowest BCUT2D eigenvalue weighted by Gasteiger charge is -2.29. The zero-order valence-electron chi connectivity index (χ0n) is 17.9. The minimum absolute atomic E-state index is 0. The third-order valence-electron chi connectivity index (χ3n) is 6.02. The largest absolute Gasteiger partial charge is 0.396 e. The van der Waals surface area contributed by atoms with Crippen LogP contribution < -0.4 is 10.6 Å². The molecule has 30 heavy (non-hydrogen) atoms. The number of carbonyl (C=O) groups is 1. The molecule has 1 fully saturated rings. The molecule has 7 nitrogen and oxygen atoms in total. The number of benzene rings is 1. The highest BCUT2D eigenvalue weighted by molar-refractivity contribution is 14.0. The molecular weight excluding hydrogens is 495 g/mol. The summed E-state index contributed by atoms with van der Waals surface area (Å²) in [5, 5.41) is 16.0. The van der Waals surface area contributed by atoms with Gasteiger partial charge in [-0.15, -0.1) is 24.0 Å². The van der Waals surface area contributed by atoms with Gasteiger partial charge in [0.2, 0.25) is 5.91 Å². The number of nitrogens with zero attached hydrogens (tertiary/aromatic N) is 2. The molecule has 8 heteroatoms. The number of carbonyl (C=O) groups excluding carboxylic acids is 1. The Bertz CT molecular complexity index is 707. The number of hydrogen-bond acceptors (Lipinski definition) is 4. The average Bonchev–Trinajstić information content (AvgIpc) is 3.21. The van der Waals surface area contributed by atoms with E-state index in [1.807, 2.05) is 11.0 Å². The molecule has 1 saturated heterocycles. The van der Waals surface area contributed by atoms with Gasteiger partial charge < -0.3 is 25.4 Å². The molecule has 1 aromatic rings. The van der Waals surface area contributed by atoms with Crippen LogP contribution >= 0.6 is 24.0 Å². The molecule has 3 N–H and O–H groups in total. The number of aliphatic imine (C=N–C) groups is 1. The van der Waals surface area contributed by atoms with Gasteiger partial charge in [0.1, 0.15) is 0 Å². The van der Waals surface area contributed by atoms with Crippen LogP contribution in [0, 0.1) is 5.41 Å². The Kier molecular flexibility index (Phi) is 10.3. The number of hydrogen-bond donors (Lipinski definition) is 3. The Labute approximate surface area is 196 Å². The maximum absolute atomic E-state index is 12.6. The van der Waals surface area contributed by atoms with Gasteiger partial charge in [0.15, 0.2) is 5.96 Å². The van der Waals surface area contributed by atoms with Crippen molar-refractivity contribution in [2.24, 2.45) is 10.4 Å². The lowest BCUT2D eigenvalue weighted by atomic mass is 9.84. The monoisotopic (exact) mass is 530 g/mol. The van der Waals surface area contributed by atoms with E-state index in [9.17, 15) is 9.90 Å². The van der Waals surface area contributed by atoms with Crippen molar-refractivity contribution in [1.29, 1.82) is 0 Å². The van der Waals surface area contributed by atoms with Crippen LogP contribution in [0.5, 0.6) is 0 Å². The normalized spacial score (nSPS) is 21.0. The predicted molar refractivity (Wildman–Crippen MR) is 129 cm³/mol. The summed E-state index contributed by atoms with van der Waals surface area (Å²) in [6, 6.07) is 8.37. The molecule has 0 bridgehead atoms. The highest BCUT2D eigenvalue weighted by Crippen LogP contribution is 2.31. The summed E-state index contributed by atoms with van der Waals surface area (Å²) >= 11 is 0. The van der Waals surface area contributed by atoms with E-state index >= 15 is 0 Å². The average molecular weight is 530 g/mol. The molecule has 1 unspecified atom stereocenters. The summed E-state index contributed by atoms with van der Waals surface area (Å²) in [5.74, 6) is 0.947. The van der Waals surface area contributed by atoms with E-state index in [-0.39, 0.29) is 41.9 Å². The van der Waals surface area contributed by atoms with Gasteiger partial charge in [0.05, 0.1) is 6.61 Å². The van der Waals surface area contributed by atoms with Crippen LogP contribution in [-0.2, 0) is 22.5 Å². The second-order valence-electron chi connectivity index (χ2n) is 8.07. The number of guanidine groups is 1. The quantitative estimate of drug-likeness (QED) is 0.207. The summed E-state index contributed by atoms with van der Waals surface area (Å²) in [5.41, 5.74) is 2.61. The fraction of sp³-hybridized carbons (Fsp3) is 0.636. The van der Waals surface area contributed by atoms with Crippen molar-refractivity contribution in [3.63, 3.8) is 0 Å². The highest BCUT2D eigenvalue weighted by Gasteiger charge is 2.34. The molecule has 0 aromatic heterocycles. The predicted octanol–water partition coefficient (Wildman–Crippen LogP) is 1.92. The fourth-order valence-electron chi connectivity index (χ4n) is 4.12. The van der Waals surface area contributed by atoms with Gasteiger partial charge in [-0.25, -0.2) is 0 Å². The van der Waals surface area contributed by atoms with Crippen molar-refractivity contribution in [3.8, 4) is 0 Å². The lowest BCUT2D eigenvalue weighted by Crippen LogP contribution is -2.44. The molecule has 1 aromatic carbocycles. The molecule has 168 valence electrons. The van der Waals surface area contributed by atoms with Crippen molar-refractivity contribution in [1.82, 2.24) is 15.5 Å². The Hall–Kier alpha value is -1.39. The highest BCUT2D eigenvalue weighted by atomic mass is 127. The summed E-state index contributed by atoms with van der Waals surface area (Å²) in [7, 11) is 1.75. The van der Waals surface area contributed by atoms with E-state index in [1.54, 1.807) is 7.05 Å². The zero-order chi connectivity index (χ0) is 20.5. The number of aliphatic hydroxyl groups is 1. The minimum Gasteiger partial charge on any atom is -0.396 e. The van der Waals surface area contributed by atoms with E-state index in [0.29, 0.717) is 19.6 Å². The van der Waals surface area contributed by atoms with Crippen molar-refractivity contribution in [2.45, 2.75) is 38.6 Å². The number of ether oxygens (including phenoxy) is 1. The molecule has 3 rings (SSSR count). The Morgan fingerprint density at radius 3 is 2.80 bits per heavy atom. The first-order valence-corrected chi connectivity index (χ1v) is 10.6. The molecule has 0 saturated carbocycles. The van der Waals surface area contributed by atoms with Crippen LogP contribution in [0.15, 0.2) is 29.3 Å². The number of halogens is 1. The number of fused-ring (bicyclic) bond motifs is 1. The summed E-state index contributed by atoms with van der Waals surface area (Å²) < 4.78 is 5.53. The first-order valence-electron chi connectivity index (χ1n) is 10.6. The zero-order valence-corrected chi connectivity index (χ0v) is 20.2. The van der Waals surface area contributed by atoms with Crippen LogP contribution in [0.1, 0.15) is 36.8 Å². The molecule has 2 aliphatic rings. The van der Waals surface area contributed by atoms with E-state index in [0.717, 1.165) is 57.9 Å². The second-order valence-corrected chi connectivity index (χ2v) is 8.07. The molecule has 0 radical (unpaired) electrons. The van der Waals surface area contributed by atoms with Gasteiger partial charge >= 0.3 is 0 Å². The minimum atomic E-state index is -0.0209. The number of amides is 1. The van der Waals surface area contributed by atoms with Gasteiger partial charge in [-0.2, -0.15) is 0 Å². The van der Waals surface area contributed by atoms with Gasteiger partial charge in [-0.1, -0.05) is 24.3 Å². The Morgan fingerprint density at radius 2 is 2.10 bits per heavy atom. The van der Waals surface area contributed by atoms with E-state index < -0.39 is 0 Å². The standard InChI is InChI=1S/C22H34N4O3.HI/c1-23-21(25-16-22(9-13-27)10-14-29-17-22)24-11-4-7-20(28)26-12-8-18-5-2-3-6-19(18)15-26;/h2-3,5-6,27H,4,7-17H2,1H3,(H2,23,24,25);1H. The first-order chi connectivity index (χ1) is 14.2. The van der Waals surface area contributed by atoms with Crippen LogP contribution in [0.3, 0.4) is 0 Å². The summed E-state index contributed by atoms with van der Waals surface area (Å²) in [6.07, 6.45) is 3.92. The van der Waals surface area contributed by atoms with Crippen molar-refractivity contribution < 1.29 is 14.6 Å². The molecular formula is C22H35IN4O3. The number of nitrogens with one attached hydrogen (secondary N) is 2. The van der Waals surface area contributed by atoms with Crippen molar-refractivity contribution in [2.75, 3.05) is 46.5 Å². The van der Waals surface area contributed by atoms with Gasteiger partial charge in [-0.3, -0.25) is 9.79 Å². The topological polar surface area (TPSA) is 86.2 Å². The van der Waals surface area contributed by atoms with Gasteiger partial charge in [-0.05, 0) is 36.8 Å². The maximum atomic E-state index is 12.6. The fourth-order valence-corrected chi connectivity index (χ4v) is 4.12. The van der Waals surface area contributed by atoms with Gasteiger partial charge in [0, 0.05) is 58.3 Å². The smallest absolute Gasteiger partial charge is 0.222 e. The number of aliphatic hydroxyl groups excluding tert-OH is 1. The SMILES string of the molecule is CN=C(NCCCC(=O)N1CCc2ccccc2C1)NCC1(CCO)CCOC1.I. The third kappa shape index (κ3) is 6.81. The maximum Gasteiger partial charge on any atom is 0.222 e. The van der Waals surface area contributed by atoms with E-state index in [2.05, 4.69) is 33.8 Å². The van der Waals surface area contributed by atoms with E-state index in [4.69, 9.17) is 4.74 Å². The Balaban J connectivity index is 0.00000320. The molecule has 0 spiro atoms. The number of rotatable bonds is 8. The van der Waals surface area contributed by atoms with E-state index in [1.165, 1.54) is 11.1 Å². The molecule has 2 aliphatic heterocycles. The van der Waals surface area contributed by atoms with Crippen LogP contribution in [-0.4, -0.2) is 68.4 Å². The van der Waals surface area contributed by atoms with Crippen LogP contribution in [0.4, 0.5) is 0 Å². The molecule has 1 amide bonds. The molecule has 2 heterocycles. The van der Waals surface area contributed by atoms with Crippen molar-refractivity contribution >= 4 is 35.8 Å². The third-order valence-corrected chi connectivity index (χ3v) is 6.02. The lowest BCUT2D eigenvalue weighted by molar-refractivity contribution is -0.132. The summed E-state index contributed by atoms with van der Waals surface area (Å²) in [6.45, 7) is 4.53. The van der Waals surface area contributed by atoms with Crippen molar-refractivity contribution in [3.05, 3.63) is 35.4 Å². The Morgan fingerprint density at radius 1 is 1.30 bits per heavy atom. The molecule has 0 aliphatic carbocycles. The van der Waals surface area contributed by atoms with Crippen LogP contribution in [0.2, 0.25) is 0 Å². The summed E-state index contributed by atoms with van der Waals surface area (Å²) in [4.78, 5) is 18.8. The van der Waals surface area contributed by atoms with Gasteiger partial charge in [0.25, 0.3) is 0 Å². The second kappa shape index (κ2) is 12.5.